The second-order valence-corrected chi connectivity index (χ2v) is 7.69. The monoisotopic (exact) mass is 405 g/mol. The van der Waals surface area contributed by atoms with Crippen LogP contribution in [0.15, 0.2) is 78.2 Å². The smallest absolute Gasteiger partial charge is 0.272 e. The van der Waals surface area contributed by atoms with E-state index in [2.05, 4.69) is 5.43 Å². The summed E-state index contributed by atoms with van der Waals surface area (Å²) in [5, 5.41) is 2.99. The third kappa shape index (κ3) is 4.05. The summed E-state index contributed by atoms with van der Waals surface area (Å²) in [6.45, 7) is 0.0365. The summed E-state index contributed by atoms with van der Waals surface area (Å²) in [4.78, 5) is 40.2. The van der Waals surface area contributed by atoms with Gasteiger partial charge in [-0.15, -0.1) is 11.3 Å². The maximum Gasteiger partial charge on any atom is 0.346 e. The van der Waals surface area contributed by atoms with Gasteiger partial charge in [-0.25, -0.2) is 9.80 Å². The molecule has 1 aliphatic rings. The minimum atomic E-state index is -0.591. The summed E-state index contributed by atoms with van der Waals surface area (Å²) in [7, 11) is 0. The van der Waals surface area contributed by atoms with Gasteiger partial charge in [0.25, 0.3) is 11.8 Å². The molecule has 0 atom stereocenters. The van der Waals surface area contributed by atoms with E-state index in [9.17, 15) is 14.4 Å². The van der Waals surface area contributed by atoms with E-state index in [-0.39, 0.29) is 24.9 Å². The molecule has 1 aliphatic heterocycles. The molecular formula is C22H19N3O3S. The van der Waals surface area contributed by atoms with Crippen LogP contribution in [0, 0.1) is 0 Å². The van der Waals surface area contributed by atoms with Crippen LogP contribution in [0.25, 0.3) is 0 Å². The van der Waals surface area contributed by atoms with Gasteiger partial charge in [-0.1, -0.05) is 66.7 Å². The first-order valence-corrected chi connectivity index (χ1v) is 10.1. The van der Waals surface area contributed by atoms with Gasteiger partial charge in [-0.2, -0.15) is 0 Å². The van der Waals surface area contributed by atoms with Crippen LogP contribution in [0.1, 0.15) is 21.9 Å². The molecule has 0 spiro atoms. The van der Waals surface area contributed by atoms with Gasteiger partial charge in [0, 0.05) is 4.88 Å². The van der Waals surface area contributed by atoms with E-state index < -0.39 is 11.9 Å². The highest BCUT2D eigenvalue weighted by Gasteiger charge is 2.38. The SMILES string of the molecule is O=C(NN1CC(=O)N(Cc2cccs2)C1=O)C(c1ccccc1)c1ccccc1. The van der Waals surface area contributed by atoms with Gasteiger partial charge < -0.3 is 0 Å². The van der Waals surface area contributed by atoms with Crippen LogP contribution >= 0.6 is 11.3 Å². The van der Waals surface area contributed by atoms with E-state index in [1.165, 1.54) is 11.3 Å². The highest BCUT2D eigenvalue weighted by atomic mass is 32.1. The van der Waals surface area contributed by atoms with Crippen LogP contribution in [0.5, 0.6) is 0 Å². The molecule has 0 unspecified atom stereocenters. The molecule has 3 aromatic rings. The number of imide groups is 1. The minimum absolute atomic E-state index is 0.174. The molecule has 1 saturated heterocycles. The van der Waals surface area contributed by atoms with E-state index in [1.807, 2.05) is 78.2 Å². The van der Waals surface area contributed by atoms with Gasteiger partial charge in [0.1, 0.15) is 6.54 Å². The van der Waals surface area contributed by atoms with Gasteiger partial charge in [0.05, 0.1) is 12.5 Å². The Morgan fingerprint density at radius 2 is 1.55 bits per heavy atom. The van der Waals surface area contributed by atoms with Crippen LogP contribution in [-0.2, 0) is 16.1 Å². The Labute approximate surface area is 172 Å². The van der Waals surface area contributed by atoms with Crippen molar-refractivity contribution in [1.82, 2.24) is 15.3 Å². The number of nitrogens with zero attached hydrogens (tertiary/aromatic N) is 2. The van der Waals surface area contributed by atoms with Gasteiger partial charge in [0.2, 0.25) is 0 Å². The van der Waals surface area contributed by atoms with Gasteiger partial charge in [-0.3, -0.25) is 19.9 Å². The Kier molecular flexibility index (Phi) is 5.39. The number of benzene rings is 2. The fourth-order valence-electron chi connectivity index (χ4n) is 3.33. The van der Waals surface area contributed by atoms with Crippen molar-refractivity contribution in [3.05, 3.63) is 94.2 Å². The number of rotatable bonds is 6. The second-order valence-electron chi connectivity index (χ2n) is 6.66. The average molecular weight is 405 g/mol. The lowest BCUT2D eigenvalue weighted by Crippen LogP contribution is -2.46. The lowest BCUT2D eigenvalue weighted by Gasteiger charge is -2.22. The quantitative estimate of drug-likeness (QED) is 0.639. The first-order chi connectivity index (χ1) is 14.1. The van der Waals surface area contributed by atoms with Crippen molar-refractivity contribution in [3.63, 3.8) is 0 Å². The Hall–Kier alpha value is -3.45. The standard InChI is InChI=1S/C22H19N3O3S/c26-19-15-25(22(28)24(19)14-18-12-7-13-29-18)23-21(27)20(16-8-3-1-4-9-16)17-10-5-2-6-11-17/h1-13,20H,14-15H2,(H,23,27). The molecular weight excluding hydrogens is 386 g/mol. The zero-order valence-corrected chi connectivity index (χ0v) is 16.3. The molecule has 1 aromatic heterocycles. The number of hydrogen-bond acceptors (Lipinski definition) is 4. The molecule has 2 heterocycles. The fourth-order valence-corrected chi connectivity index (χ4v) is 4.02. The zero-order chi connectivity index (χ0) is 20.2. The van der Waals surface area contributed by atoms with Gasteiger partial charge >= 0.3 is 6.03 Å². The summed E-state index contributed by atoms with van der Waals surface area (Å²) < 4.78 is 0. The predicted octanol–water partition coefficient (Wildman–Crippen LogP) is 3.38. The molecule has 0 bridgehead atoms. The summed E-state index contributed by atoms with van der Waals surface area (Å²) >= 11 is 1.48. The molecule has 1 fully saturated rings. The first kappa shape index (κ1) is 18.9. The predicted molar refractivity (Wildman–Crippen MR) is 110 cm³/mol. The van der Waals surface area contributed by atoms with E-state index in [0.717, 1.165) is 25.9 Å². The Morgan fingerprint density at radius 3 is 2.10 bits per heavy atom. The Balaban J connectivity index is 1.53. The lowest BCUT2D eigenvalue weighted by atomic mass is 9.91. The van der Waals surface area contributed by atoms with Gasteiger partial charge in [0.15, 0.2) is 0 Å². The molecule has 7 heteroatoms. The molecule has 1 N–H and O–H groups in total. The maximum atomic E-state index is 13.1. The number of amides is 4. The topological polar surface area (TPSA) is 69.7 Å². The second kappa shape index (κ2) is 8.28. The van der Waals surface area contributed by atoms with Crippen molar-refractivity contribution in [2.24, 2.45) is 0 Å². The molecule has 0 radical (unpaired) electrons. The number of nitrogens with one attached hydrogen (secondary N) is 1. The highest BCUT2D eigenvalue weighted by Crippen LogP contribution is 2.25. The largest absolute Gasteiger partial charge is 0.346 e. The number of hydrazine groups is 1. The van der Waals surface area contributed by atoms with E-state index >= 15 is 0 Å². The third-order valence-corrected chi connectivity index (χ3v) is 5.58. The van der Waals surface area contributed by atoms with Crippen LogP contribution in [-0.4, -0.2) is 34.3 Å². The first-order valence-electron chi connectivity index (χ1n) is 9.18. The van der Waals surface area contributed by atoms with Crippen LogP contribution < -0.4 is 5.43 Å². The molecule has 29 heavy (non-hydrogen) atoms. The lowest BCUT2D eigenvalue weighted by molar-refractivity contribution is -0.126. The van der Waals surface area contributed by atoms with Gasteiger partial charge in [-0.05, 0) is 22.6 Å². The maximum absolute atomic E-state index is 13.1. The molecule has 146 valence electrons. The summed E-state index contributed by atoms with van der Waals surface area (Å²) in [6, 6.07) is 21.9. The summed E-state index contributed by atoms with van der Waals surface area (Å²) in [5.41, 5.74) is 4.27. The number of hydrogen-bond donors (Lipinski definition) is 1. The van der Waals surface area contributed by atoms with Crippen LogP contribution in [0.4, 0.5) is 4.79 Å². The highest BCUT2D eigenvalue weighted by molar-refractivity contribution is 7.09. The molecule has 0 saturated carbocycles. The van der Waals surface area contributed by atoms with Crippen LogP contribution in [0.3, 0.4) is 0 Å². The molecule has 4 amide bonds. The number of carbonyl (C=O) groups excluding carboxylic acids is 3. The van der Waals surface area contributed by atoms with Crippen molar-refractivity contribution in [2.75, 3.05) is 6.54 Å². The molecule has 0 aliphatic carbocycles. The molecule has 6 nitrogen and oxygen atoms in total. The van der Waals surface area contributed by atoms with E-state index in [1.54, 1.807) is 0 Å². The van der Waals surface area contributed by atoms with Crippen molar-refractivity contribution >= 4 is 29.2 Å². The van der Waals surface area contributed by atoms with Crippen LogP contribution in [0.2, 0.25) is 0 Å². The molecule has 4 rings (SSSR count). The van der Waals surface area contributed by atoms with Crippen molar-refractivity contribution in [3.8, 4) is 0 Å². The van der Waals surface area contributed by atoms with Crippen molar-refractivity contribution in [1.29, 1.82) is 0 Å². The number of urea groups is 1. The Bertz CT molecular complexity index is 967. The van der Waals surface area contributed by atoms with Crippen molar-refractivity contribution in [2.45, 2.75) is 12.5 Å². The normalized spacial score (nSPS) is 14.0. The van der Waals surface area contributed by atoms with Crippen molar-refractivity contribution < 1.29 is 14.4 Å². The molecule has 2 aromatic carbocycles. The minimum Gasteiger partial charge on any atom is -0.272 e. The Morgan fingerprint density at radius 1 is 0.931 bits per heavy atom. The van der Waals surface area contributed by atoms with E-state index in [0.29, 0.717) is 0 Å². The van der Waals surface area contributed by atoms with E-state index in [4.69, 9.17) is 0 Å². The average Bonchev–Trinajstić information content (AvgIpc) is 3.34. The number of thiophene rings is 1. The summed E-state index contributed by atoms with van der Waals surface area (Å²) in [6.07, 6.45) is 0. The third-order valence-electron chi connectivity index (χ3n) is 4.72. The number of carbonyl (C=O) groups is 3. The zero-order valence-electron chi connectivity index (χ0n) is 15.5. The summed E-state index contributed by atoms with van der Waals surface area (Å²) in [5.74, 6) is -1.28. The fraction of sp³-hybridized carbons (Fsp3) is 0.136.